The summed E-state index contributed by atoms with van der Waals surface area (Å²) < 4.78 is 30.1. The number of anilines is 1. The average Bonchev–Trinajstić information content (AvgIpc) is 3.81. The fourth-order valence-electron chi connectivity index (χ4n) is 9.03. The van der Waals surface area contributed by atoms with Crippen molar-refractivity contribution < 1.29 is 23.8 Å². The van der Waals surface area contributed by atoms with Crippen molar-refractivity contribution >= 4 is 33.5 Å². The van der Waals surface area contributed by atoms with Crippen LogP contribution in [0.3, 0.4) is 0 Å². The number of aromatic hydroxyl groups is 1. The number of pyridine rings is 1. The second-order valence-electron chi connectivity index (χ2n) is 16.1. The largest absolute Gasteiger partial charge is 0.508 e. The van der Waals surface area contributed by atoms with Crippen LogP contribution in [-0.2, 0) is 17.6 Å². The van der Waals surface area contributed by atoms with Crippen molar-refractivity contribution in [3.05, 3.63) is 71.6 Å². The van der Waals surface area contributed by atoms with E-state index in [1.54, 1.807) is 12.1 Å². The number of benzene rings is 3. The van der Waals surface area contributed by atoms with Crippen LogP contribution >= 0.6 is 0 Å². The van der Waals surface area contributed by atoms with Crippen LogP contribution in [0, 0.1) is 23.1 Å². The number of ether oxygens (including phenoxy) is 2. The fourth-order valence-corrected chi connectivity index (χ4v) is 9.03. The number of aryl methyl sites for hydroxylation is 1. The van der Waals surface area contributed by atoms with Crippen LogP contribution in [0.1, 0.15) is 57.6 Å². The van der Waals surface area contributed by atoms with Gasteiger partial charge in [-0.1, -0.05) is 36.4 Å². The Morgan fingerprint density at radius 2 is 2.00 bits per heavy atom. The lowest BCUT2D eigenvalue weighted by Crippen LogP contribution is -2.57. The predicted molar refractivity (Wildman–Crippen MR) is 200 cm³/mol. The highest BCUT2D eigenvalue weighted by Gasteiger charge is 2.58. The summed E-state index contributed by atoms with van der Waals surface area (Å²) in [5.74, 6) is 0.141. The number of phenolic OH excluding ortho intramolecular Hbond substituents is 1. The number of rotatable bonds is 7. The lowest BCUT2D eigenvalue weighted by atomic mass is 9.77. The van der Waals surface area contributed by atoms with E-state index >= 15 is 4.39 Å². The SMILES string of the molecule is C=C1Cc2c(OCC3CCCN3C)nc3c(F)c(-c4cc(O)cc5ccccc45)c(CCC#N)cc3c2N(C2C3CC2N(C(=O)OC(C)(C)C)C3)C1. The van der Waals surface area contributed by atoms with Gasteiger partial charge in [0.25, 0.3) is 0 Å². The van der Waals surface area contributed by atoms with Crippen LogP contribution in [-0.4, -0.2) is 83.0 Å². The zero-order valence-electron chi connectivity index (χ0n) is 30.4. The molecule has 0 spiro atoms. The molecule has 4 fully saturated rings. The molecule has 3 saturated heterocycles. The first-order valence-electron chi connectivity index (χ1n) is 18.4. The molecule has 4 unspecified atom stereocenters. The van der Waals surface area contributed by atoms with Crippen LogP contribution in [0.15, 0.2) is 54.6 Å². The Morgan fingerprint density at radius 3 is 2.75 bits per heavy atom. The van der Waals surface area contributed by atoms with Crippen LogP contribution in [0.25, 0.3) is 32.8 Å². The van der Waals surface area contributed by atoms with E-state index in [1.165, 1.54) is 0 Å². The van der Waals surface area contributed by atoms with Gasteiger partial charge in [-0.2, -0.15) is 5.26 Å². The molecule has 1 aliphatic carbocycles. The molecule has 9 nitrogen and oxygen atoms in total. The summed E-state index contributed by atoms with van der Waals surface area (Å²) in [7, 11) is 2.10. The summed E-state index contributed by atoms with van der Waals surface area (Å²) in [6, 6.07) is 15.3. The standard InChI is InChI=1S/C42H46FN5O4/c1-24-16-33-39(48(21-24)38-27-19-34(38)47(22-27)41(50)52-42(2,3)4)32-18-26(11-8-14-44)35(31-20-29(49)17-25-10-6-7-13-30(25)31)36(43)37(32)45-40(33)51-23-28-12-9-15-46(28)5/h6-7,10,13,17-18,20,27-28,34,38,49H,1,8-9,11-12,15-16,19,21-23H2,2-5H3. The average molecular weight is 704 g/mol. The summed E-state index contributed by atoms with van der Waals surface area (Å²) >= 11 is 0. The summed E-state index contributed by atoms with van der Waals surface area (Å²) in [6.07, 6.45) is 3.72. The quantitative estimate of drug-likeness (QED) is 0.195. The van der Waals surface area contributed by atoms with Crippen molar-refractivity contribution in [2.75, 3.05) is 38.2 Å². The first-order valence-corrected chi connectivity index (χ1v) is 18.4. The van der Waals surface area contributed by atoms with E-state index in [2.05, 4.69) is 29.5 Å². The number of carbonyl (C=O) groups excluding carboxylic acids is 1. The molecule has 2 bridgehead atoms. The Kier molecular flexibility index (Phi) is 8.53. The van der Waals surface area contributed by atoms with E-state index in [9.17, 15) is 15.2 Å². The van der Waals surface area contributed by atoms with E-state index in [-0.39, 0.29) is 47.8 Å². The molecule has 1 saturated carbocycles. The zero-order chi connectivity index (χ0) is 36.5. The topological polar surface area (TPSA) is 102 Å². The molecule has 1 amide bonds. The van der Waals surface area contributed by atoms with Crippen LogP contribution < -0.4 is 9.64 Å². The van der Waals surface area contributed by atoms with Crippen molar-refractivity contribution in [2.45, 2.75) is 83.0 Å². The van der Waals surface area contributed by atoms with Gasteiger partial charge in [0.05, 0.1) is 23.8 Å². The first kappa shape index (κ1) is 34.2. The van der Waals surface area contributed by atoms with Crippen LogP contribution in [0.5, 0.6) is 11.6 Å². The van der Waals surface area contributed by atoms with Crippen molar-refractivity contribution in [1.82, 2.24) is 14.8 Å². The van der Waals surface area contributed by atoms with E-state index in [1.807, 2.05) is 56.0 Å². The molecule has 10 heteroatoms. The number of phenols is 1. The molecule has 270 valence electrons. The molecule has 5 aliphatic rings. The third-order valence-electron chi connectivity index (χ3n) is 11.4. The Bertz CT molecular complexity index is 2150. The number of halogens is 1. The fraction of sp³-hybridized carbons (Fsp3) is 0.452. The lowest BCUT2D eigenvalue weighted by molar-refractivity contribution is 0.0232. The van der Waals surface area contributed by atoms with Gasteiger partial charge in [0.1, 0.15) is 23.5 Å². The van der Waals surface area contributed by atoms with Crippen LogP contribution in [0.4, 0.5) is 14.9 Å². The van der Waals surface area contributed by atoms with Gasteiger partial charge < -0.3 is 29.3 Å². The van der Waals surface area contributed by atoms with Gasteiger partial charge in [-0.25, -0.2) is 14.2 Å². The minimum Gasteiger partial charge on any atom is -0.508 e. The summed E-state index contributed by atoms with van der Waals surface area (Å²) in [4.78, 5) is 24.8. The molecule has 1 N–H and O–H groups in total. The minimum atomic E-state index is -0.608. The molecule has 52 heavy (non-hydrogen) atoms. The smallest absolute Gasteiger partial charge is 0.410 e. The maximum absolute atomic E-state index is 17.7. The van der Waals surface area contributed by atoms with Gasteiger partial charge in [0.2, 0.25) is 5.88 Å². The Hall–Kier alpha value is -4.88. The normalized spacial score (nSPS) is 22.8. The molecule has 4 aliphatic heterocycles. The second kappa shape index (κ2) is 13.0. The molecule has 3 aromatic carbocycles. The number of nitriles is 1. The van der Waals surface area contributed by atoms with Gasteiger partial charge in [-0.3, -0.25) is 0 Å². The van der Waals surface area contributed by atoms with Crippen LogP contribution in [0.2, 0.25) is 0 Å². The number of likely N-dealkylation sites (N-methyl/N-ethyl adjacent to an activating group) is 1. The third-order valence-corrected chi connectivity index (χ3v) is 11.4. The number of fused-ring (bicyclic) bond motifs is 5. The van der Waals surface area contributed by atoms with Gasteiger partial charge in [-0.05, 0) is 100 Å². The highest BCUT2D eigenvalue weighted by molar-refractivity contribution is 6.04. The number of likely N-dealkylation sites (tertiary alicyclic amines) is 1. The van der Waals surface area contributed by atoms with Crippen molar-refractivity contribution in [2.24, 2.45) is 5.92 Å². The van der Waals surface area contributed by atoms with E-state index in [0.717, 1.165) is 53.4 Å². The molecule has 4 aromatic rings. The van der Waals surface area contributed by atoms with Gasteiger partial charge in [0, 0.05) is 54.4 Å². The molecule has 5 heterocycles. The van der Waals surface area contributed by atoms with Crippen molar-refractivity contribution in [1.29, 1.82) is 5.26 Å². The summed E-state index contributed by atoms with van der Waals surface area (Å²) in [5.41, 5.74) is 3.86. The van der Waals surface area contributed by atoms with Gasteiger partial charge in [-0.15, -0.1) is 0 Å². The molecule has 0 radical (unpaired) electrons. The number of aromatic nitrogens is 1. The third kappa shape index (κ3) is 5.89. The highest BCUT2D eigenvalue weighted by Crippen LogP contribution is 2.52. The lowest BCUT2D eigenvalue weighted by Gasteiger charge is -2.48. The number of amides is 1. The molecule has 9 rings (SSSR count). The Morgan fingerprint density at radius 1 is 1.19 bits per heavy atom. The molecular formula is C42H46FN5O4. The van der Waals surface area contributed by atoms with E-state index < -0.39 is 11.4 Å². The predicted octanol–water partition coefficient (Wildman–Crippen LogP) is 7.76. The number of carbonyl (C=O) groups is 1. The molecule has 1 aromatic heterocycles. The first-order chi connectivity index (χ1) is 24.9. The second-order valence-corrected chi connectivity index (χ2v) is 16.1. The molecular weight excluding hydrogens is 657 g/mol. The van der Waals surface area contributed by atoms with Gasteiger partial charge in [0.15, 0.2) is 5.82 Å². The molecule has 4 atom stereocenters. The van der Waals surface area contributed by atoms with E-state index in [0.29, 0.717) is 60.5 Å². The summed E-state index contributed by atoms with van der Waals surface area (Å²) in [6.45, 7) is 12.7. The zero-order valence-corrected chi connectivity index (χ0v) is 30.4. The van der Waals surface area contributed by atoms with Crippen molar-refractivity contribution in [3.8, 4) is 28.8 Å². The Balaban J connectivity index is 1.32. The number of hydrogen-bond donors (Lipinski definition) is 1. The number of nitrogens with zero attached hydrogens (tertiary/aromatic N) is 5. The Labute approximate surface area is 304 Å². The monoisotopic (exact) mass is 703 g/mol. The minimum absolute atomic E-state index is 0.0111. The van der Waals surface area contributed by atoms with E-state index in [4.69, 9.17) is 14.5 Å². The highest BCUT2D eigenvalue weighted by atomic mass is 19.1. The maximum atomic E-state index is 17.7. The van der Waals surface area contributed by atoms with Crippen molar-refractivity contribution in [3.63, 3.8) is 0 Å². The number of hydrogen-bond acceptors (Lipinski definition) is 8. The van der Waals surface area contributed by atoms with Gasteiger partial charge >= 0.3 is 6.09 Å². The maximum Gasteiger partial charge on any atom is 0.410 e. The summed E-state index contributed by atoms with van der Waals surface area (Å²) in [5, 5.41) is 22.7.